The van der Waals surface area contributed by atoms with E-state index in [-0.39, 0.29) is 24.3 Å². The van der Waals surface area contributed by atoms with Crippen molar-refractivity contribution in [2.75, 3.05) is 34.3 Å². The van der Waals surface area contributed by atoms with Crippen molar-refractivity contribution in [1.29, 1.82) is 0 Å². The van der Waals surface area contributed by atoms with Crippen LogP contribution in [0.3, 0.4) is 0 Å². The van der Waals surface area contributed by atoms with E-state index in [4.69, 9.17) is 15.2 Å². The van der Waals surface area contributed by atoms with E-state index in [0.29, 0.717) is 30.9 Å². The third-order valence-corrected chi connectivity index (χ3v) is 10.4. The molecule has 55 heavy (non-hydrogen) atoms. The molecular formula is C39H65N7O8S. The molecule has 1 aliphatic carbocycles. The maximum Gasteiger partial charge on any atom is 0.408 e. The summed E-state index contributed by atoms with van der Waals surface area (Å²) < 4.78 is 38.6. The Hall–Kier alpha value is -4.18. The minimum Gasteiger partial charge on any atom is -0.468 e. The molecular weight excluding hydrogens is 727 g/mol. The first-order chi connectivity index (χ1) is 25.6. The van der Waals surface area contributed by atoms with E-state index in [2.05, 4.69) is 72.4 Å². The smallest absolute Gasteiger partial charge is 0.408 e. The van der Waals surface area contributed by atoms with Gasteiger partial charge in [0, 0.05) is 32.6 Å². The maximum absolute atomic E-state index is 11.9. The summed E-state index contributed by atoms with van der Waals surface area (Å²) in [6.45, 7) is 16.4. The van der Waals surface area contributed by atoms with E-state index in [1.54, 1.807) is 27.9 Å². The second-order valence-electron chi connectivity index (χ2n) is 15.6. The summed E-state index contributed by atoms with van der Waals surface area (Å²) in [5.41, 5.74) is 8.15. The van der Waals surface area contributed by atoms with Crippen molar-refractivity contribution in [2.45, 2.75) is 124 Å². The number of benzene rings is 1. The third-order valence-electron chi connectivity index (χ3n) is 8.96. The molecule has 0 spiro atoms. The highest BCUT2D eigenvalue weighted by Gasteiger charge is 2.42. The Morgan fingerprint density at radius 1 is 1.11 bits per heavy atom. The molecule has 1 saturated carbocycles. The summed E-state index contributed by atoms with van der Waals surface area (Å²) in [5, 5.41) is 2.37. The Morgan fingerprint density at radius 2 is 1.78 bits per heavy atom. The number of fused-ring (bicyclic) bond motifs is 1. The standard InChI is InChI=1S/C14H20N2O.C13H24N2O3S.C12H21N3O4/c1-9(2)11-7-6-8-12-13(11)16(10(3)4)14(15-12)17-5;1-4-5-6-7-8-9-11-10-12(11)13(16)14-19(17,18)15(2)3;1-12(2,3)19-11(18)14-7-9(16)15-6-4-5-8(15)10(13)17/h6-10H,1-5H3;8-9,11-12H,4-7,10H2,1-3H3,(H,14,16);8H,4-7H2,1-3H3,(H2,13,17)(H,14,18)/b;9-8-;/t;;8-/m..0/s1. The van der Waals surface area contributed by atoms with Crippen LogP contribution in [0.1, 0.15) is 118 Å². The fourth-order valence-corrected chi connectivity index (χ4v) is 6.56. The average molecular weight is 792 g/mol. The number of ether oxygens (including phenoxy) is 2. The molecule has 4 rings (SSSR count). The van der Waals surface area contributed by atoms with Crippen LogP contribution in [0.15, 0.2) is 30.4 Å². The van der Waals surface area contributed by atoms with E-state index < -0.39 is 39.8 Å². The van der Waals surface area contributed by atoms with Gasteiger partial charge >= 0.3 is 16.3 Å². The van der Waals surface area contributed by atoms with Crippen LogP contribution in [0.4, 0.5) is 4.79 Å². The van der Waals surface area contributed by atoms with Gasteiger partial charge in [0.15, 0.2) is 0 Å². The molecule has 16 heteroatoms. The van der Waals surface area contributed by atoms with Gasteiger partial charge in [-0.25, -0.2) is 9.52 Å². The zero-order chi connectivity index (χ0) is 41.7. The van der Waals surface area contributed by atoms with Gasteiger partial charge in [-0.2, -0.15) is 17.7 Å². The Labute approximate surface area is 327 Å². The molecule has 2 aromatic rings. The van der Waals surface area contributed by atoms with E-state index in [0.717, 1.165) is 29.1 Å². The average Bonchev–Trinajstić information content (AvgIpc) is 3.50. The van der Waals surface area contributed by atoms with Gasteiger partial charge in [0.1, 0.15) is 18.2 Å². The number of aromatic nitrogens is 2. The van der Waals surface area contributed by atoms with E-state index in [1.165, 1.54) is 49.3 Å². The normalized spacial score (nSPS) is 18.1. The summed E-state index contributed by atoms with van der Waals surface area (Å²) in [7, 11) is 0.820. The lowest BCUT2D eigenvalue weighted by Crippen LogP contribution is -2.48. The minimum atomic E-state index is -3.65. The highest BCUT2D eigenvalue weighted by molar-refractivity contribution is 7.87. The minimum absolute atomic E-state index is 0.183. The molecule has 3 atom stereocenters. The van der Waals surface area contributed by atoms with Crippen molar-refractivity contribution in [3.63, 3.8) is 0 Å². The second-order valence-corrected chi connectivity index (χ2v) is 17.5. The number of para-hydroxylation sites is 1. The number of unbranched alkanes of at least 4 members (excludes halogenated alkanes) is 3. The molecule has 1 aliphatic heterocycles. The highest BCUT2D eigenvalue weighted by atomic mass is 32.2. The van der Waals surface area contributed by atoms with Crippen LogP contribution in [0.5, 0.6) is 6.01 Å². The van der Waals surface area contributed by atoms with Gasteiger partial charge in [-0.15, -0.1) is 0 Å². The summed E-state index contributed by atoms with van der Waals surface area (Å²) in [5.74, 6) is -0.721. The molecule has 4 N–H and O–H groups in total. The topological polar surface area (TPSA) is 195 Å². The van der Waals surface area contributed by atoms with Crippen molar-refractivity contribution < 1.29 is 37.1 Å². The number of alkyl carbamates (subject to hydrolysis) is 1. The Bertz CT molecular complexity index is 1730. The van der Waals surface area contributed by atoms with Gasteiger partial charge in [0.25, 0.3) is 6.01 Å². The number of nitrogens with one attached hydrogen (secondary N) is 2. The number of carbonyl (C=O) groups is 4. The van der Waals surface area contributed by atoms with Gasteiger partial charge in [-0.05, 0) is 90.2 Å². The maximum atomic E-state index is 11.9. The molecule has 1 saturated heterocycles. The van der Waals surface area contributed by atoms with Crippen molar-refractivity contribution in [1.82, 2.24) is 28.8 Å². The molecule has 4 amide bonds. The molecule has 2 heterocycles. The lowest BCUT2D eigenvalue weighted by molar-refractivity contribution is -0.136. The lowest BCUT2D eigenvalue weighted by Gasteiger charge is -2.23. The number of allylic oxidation sites excluding steroid dienone is 2. The molecule has 0 bridgehead atoms. The fraction of sp³-hybridized carbons (Fsp3) is 0.667. The van der Waals surface area contributed by atoms with Crippen molar-refractivity contribution >= 4 is 45.1 Å². The van der Waals surface area contributed by atoms with Gasteiger partial charge in [-0.1, -0.05) is 57.9 Å². The monoisotopic (exact) mass is 791 g/mol. The SMILES string of the molecule is CC(C)(C)OC(=O)NCC(=O)N1CCC[C@H]1C(N)=O.CCCCC/C=C\C1CC1C(=O)NS(=O)(=O)N(C)C.COc1nc2cccc(C(C)C)c2n1C(C)C. The van der Waals surface area contributed by atoms with Gasteiger partial charge < -0.3 is 25.4 Å². The van der Waals surface area contributed by atoms with Gasteiger partial charge in [-0.3, -0.25) is 19.0 Å². The van der Waals surface area contributed by atoms with Gasteiger partial charge in [0.05, 0.1) is 18.1 Å². The summed E-state index contributed by atoms with van der Waals surface area (Å²) in [4.78, 5) is 52.1. The van der Waals surface area contributed by atoms with Crippen molar-refractivity contribution in [2.24, 2.45) is 17.6 Å². The fourth-order valence-electron chi connectivity index (χ4n) is 5.97. The molecule has 310 valence electrons. The number of likely N-dealkylation sites (tertiary alicyclic amines) is 1. The van der Waals surface area contributed by atoms with Crippen LogP contribution in [0.2, 0.25) is 0 Å². The molecule has 1 aromatic heterocycles. The molecule has 15 nitrogen and oxygen atoms in total. The van der Waals surface area contributed by atoms with E-state index >= 15 is 0 Å². The Morgan fingerprint density at radius 3 is 2.33 bits per heavy atom. The Balaban J connectivity index is 0.000000285. The number of hydrogen-bond donors (Lipinski definition) is 3. The van der Waals surface area contributed by atoms with Gasteiger partial charge in [0.2, 0.25) is 17.7 Å². The first-order valence-corrected chi connectivity index (χ1v) is 20.6. The predicted octanol–water partition coefficient (Wildman–Crippen LogP) is 5.42. The van der Waals surface area contributed by atoms with E-state index in [9.17, 15) is 27.6 Å². The first kappa shape index (κ1) is 47.0. The number of carbonyl (C=O) groups excluding carboxylic acids is 4. The van der Waals surface area contributed by atoms with Crippen molar-refractivity contribution in [3.8, 4) is 6.01 Å². The van der Waals surface area contributed by atoms with E-state index in [1.807, 2.05) is 12.1 Å². The van der Waals surface area contributed by atoms with Crippen LogP contribution in [0, 0.1) is 11.8 Å². The number of imidazole rings is 1. The van der Waals surface area contributed by atoms with Crippen LogP contribution in [0.25, 0.3) is 11.0 Å². The lowest BCUT2D eigenvalue weighted by atomic mass is 10.0. The Kier molecular flexibility index (Phi) is 18.1. The summed E-state index contributed by atoms with van der Waals surface area (Å²) in [6.07, 6.45) is 10.2. The number of hydrogen-bond acceptors (Lipinski definition) is 9. The first-order valence-electron chi connectivity index (χ1n) is 19.2. The summed E-state index contributed by atoms with van der Waals surface area (Å²) in [6, 6.07) is 6.76. The molecule has 0 radical (unpaired) electrons. The molecule has 2 fully saturated rings. The summed E-state index contributed by atoms with van der Waals surface area (Å²) >= 11 is 0. The molecule has 2 unspecified atom stereocenters. The van der Waals surface area contributed by atoms with Crippen molar-refractivity contribution in [3.05, 3.63) is 35.9 Å². The van der Waals surface area contributed by atoms with Crippen LogP contribution >= 0.6 is 0 Å². The van der Waals surface area contributed by atoms with Crippen LogP contribution in [-0.2, 0) is 29.3 Å². The number of methoxy groups -OCH3 is 1. The number of nitrogens with two attached hydrogens (primary N) is 1. The highest BCUT2D eigenvalue weighted by Crippen LogP contribution is 2.40. The molecule has 1 aromatic carbocycles. The predicted molar refractivity (Wildman–Crippen MR) is 215 cm³/mol. The quantitative estimate of drug-likeness (QED) is 0.165. The number of nitrogens with zero attached hydrogens (tertiary/aromatic N) is 4. The zero-order valence-electron chi connectivity index (χ0n) is 34.7. The zero-order valence-corrected chi connectivity index (χ0v) is 35.5. The van der Waals surface area contributed by atoms with Crippen LogP contribution < -0.4 is 20.5 Å². The van der Waals surface area contributed by atoms with Crippen LogP contribution in [-0.4, -0.2) is 96.9 Å². The largest absolute Gasteiger partial charge is 0.468 e. The second kappa shape index (κ2) is 21.2. The molecule has 2 aliphatic rings. The number of primary amides is 1. The third kappa shape index (κ3) is 14.8. The number of amides is 4. The number of rotatable bonds is 14.